The normalized spacial score (nSPS) is 13.8. The minimum absolute atomic E-state index is 0.0244. The lowest BCUT2D eigenvalue weighted by Gasteiger charge is -2.28. The molecule has 0 spiro atoms. The Labute approximate surface area is 447 Å². The van der Waals surface area contributed by atoms with Crippen molar-refractivity contribution in [3.8, 4) is 0 Å². The van der Waals surface area contributed by atoms with Crippen molar-refractivity contribution in [2.45, 2.75) is 283 Å². The molecule has 422 valence electrons. The highest BCUT2D eigenvalue weighted by Crippen LogP contribution is 2.38. The summed E-state index contributed by atoms with van der Waals surface area (Å²) in [6, 6.07) is 0. The van der Waals surface area contributed by atoms with E-state index in [-0.39, 0.29) is 25.8 Å². The number of phosphoric acid groups is 1. The van der Waals surface area contributed by atoms with Crippen LogP contribution in [0.4, 0.5) is 0 Å². The van der Waals surface area contributed by atoms with Gasteiger partial charge in [0, 0.05) is 13.0 Å². The number of carbonyl (C=O) groups is 1. The number of quaternary nitrogens is 1. The van der Waals surface area contributed by atoms with Gasteiger partial charge in [-0.05, 0) is 57.8 Å². The molecule has 0 aromatic heterocycles. The third-order valence-electron chi connectivity index (χ3n) is 13.3. The van der Waals surface area contributed by atoms with Crippen LogP contribution in [-0.2, 0) is 27.9 Å². The Hall–Kier alpha value is -1.80. The molecular weight excluding hydrogens is 914 g/mol. The fraction of sp³-hybridized carbons (Fsp3) is 0.825. The van der Waals surface area contributed by atoms with E-state index in [2.05, 4.69) is 74.6 Å². The molecule has 9 heteroatoms. The van der Waals surface area contributed by atoms with Gasteiger partial charge in [0.05, 0.1) is 34.4 Å². The van der Waals surface area contributed by atoms with Gasteiger partial charge >= 0.3 is 5.97 Å². The molecule has 0 fully saturated rings. The van der Waals surface area contributed by atoms with E-state index in [1.807, 2.05) is 21.1 Å². The van der Waals surface area contributed by atoms with Crippen LogP contribution in [-0.4, -0.2) is 70.7 Å². The average molecular weight is 1030 g/mol. The number of hydrogen-bond donors (Lipinski definition) is 0. The zero-order valence-corrected chi connectivity index (χ0v) is 49.0. The summed E-state index contributed by atoms with van der Waals surface area (Å²) >= 11 is 0. The molecule has 0 aromatic rings. The number of rotatable bonds is 57. The monoisotopic (exact) mass is 1030 g/mol. The van der Waals surface area contributed by atoms with Crippen molar-refractivity contribution >= 4 is 13.8 Å². The summed E-state index contributed by atoms with van der Waals surface area (Å²) in [5.74, 6) is -0.337. The summed E-state index contributed by atoms with van der Waals surface area (Å²) in [7, 11) is 1.36. The number of hydrogen-bond acceptors (Lipinski definition) is 7. The van der Waals surface area contributed by atoms with Gasteiger partial charge in [-0.2, -0.15) is 0 Å². The zero-order valence-electron chi connectivity index (χ0n) is 48.1. The molecule has 0 N–H and O–H groups in total. The first-order valence-electron chi connectivity index (χ1n) is 30.5. The lowest BCUT2D eigenvalue weighted by Crippen LogP contribution is -2.37. The second-order valence-electron chi connectivity index (χ2n) is 21.7. The average Bonchev–Trinajstić information content (AvgIpc) is 3.34. The molecule has 0 heterocycles. The van der Waals surface area contributed by atoms with Gasteiger partial charge in [-0.15, -0.1) is 0 Å². The number of esters is 1. The molecule has 0 saturated heterocycles. The maximum absolute atomic E-state index is 12.8. The maximum atomic E-state index is 12.8. The molecule has 0 rings (SSSR count). The van der Waals surface area contributed by atoms with E-state index in [4.69, 9.17) is 18.5 Å². The van der Waals surface area contributed by atoms with E-state index < -0.39 is 13.9 Å². The van der Waals surface area contributed by atoms with E-state index in [0.29, 0.717) is 24.1 Å². The summed E-state index contributed by atoms with van der Waals surface area (Å²) in [6.07, 6.45) is 72.7. The fourth-order valence-electron chi connectivity index (χ4n) is 8.69. The highest BCUT2D eigenvalue weighted by Gasteiger charge is 2.20. The Bertz CT molecular complexity index is 1340. The first-order valence-corrected chi connectivity index (χ1v) is 32.0. The Morgan fingerprint density at radius 1 is 0.444 bits per heavy atom. The largest absolute Gasteiger partial charge is 0.756 e. The van der Waals surface area contributed by atoms with Crippen LogP contribution in [0.25, 0.3) is 0 Å². The molecule has 8 nitrogen and oxygen atoms in total. The number of allylic oxidation sites excluding steroid dienone is 10. The van der Waals surface area contributed by atoms with E-state index in [9.17, 15) is 14.3 Å². The second kappa shape index (κ2) is 55.4. The predicted molar refractivity (Wildman–Crippen MR) is 309 cm³/mol. The van der Waals surface area contributed by atoms with Gasteiger partial charge in [0.2, 0.25) is 0 Å². The van der Waals surface area contributed by atoms with Crippen molar-refractivity contribution in [2.24, 2.45) is 0 Å². The van der Waals surface area contributed by atoms with E-state index >= 15 is 0 Å². The lowest BCUT2D eigenvalue weighted by atomic mass is 10.0. The number of nitrogens with zero attached hydrogens (tertiary/aromatic N) is 1. The van der Waals surface area contributed by atoms with Gasteiger partial charge in [-0.3, -0.25) is 9.36 Å². The molecule has 0 aliphatic heterocycles. The number of phosphoric ester groups is 1. The molecule has 2 atom stereocenters. The van der Waals surface area contributed by atoms with Gasteiger partial charge in [0.25, 0.3) is 7.82 Å². The molecule has 0 aliphatic carbocycles. The Morgan fingerprint density at radius 3 is 1.21 bits per heavy atom. The summed E-state index contributed by atoms with van der Waals surface area (Å²) in [4.78, 5) is 25.3. The van der Waals surface area contributed by atoms with Gasteiger partial charge in [0.1, 0.15) is 19.3 Å². The smallest absolute Gasteiger partial charge is 0.306 e. The molecule has 0 aliphatic rings. The third-order valence-corrected chi connectivity index (χ3v) is 14.3. The highest BCUT2D eigenvalue weighted by atomic mass is 31.2. The fourth-order valence-corrected chi connectivity index (χ4v) is 9.42. The number of likely N-dealkylation sites (N-methyl/N-ethyl adjacent to an activating group) is 1. The Morgan fingerprint density at radius 2 is 0.806 bits per heavy atom. The van der Waals surface area contributed by atoms with Gasteiger partial charge < -0.3 is 27.9 Å². The molecule has 0 saturated carbocycles. The second-order valence-corrected chi connectivity index (χ2v) is 23.1. The van der Waals surface area contributed by atoms with Crippen molar-refractivity contribution in [3.05, 3.63) is 60.8 Å². The van der Waals surface area contributed by atoms with Crippen molar-refractivity contribution in [1.82, 2.24) is 0 Å². The Kier molecular flexibility index (Phi) is 54.0. The lowest BCUT2D eigenvalue weighted by molar-refractivity contribution is -0.870. The van der Waals surface area contributed by atoms with Crippen LogP contribution in [0, 0.1) is 0 Å². The predicted octanol–water partition coefficient (Wildman–Crippen LogP) is 18.9. The van der Waals surface area contributed by atoms with E-state index in [1.54, 1.807) is 0 Å². The minimum atomic E-state index is -4.54. The summed E-state index contributed by atoms with van der Waals surface area (Å²) in [5, 5.41) is 0. The third kappa shape index (κ3) is 59.1. The molecule has 0 bridgehead atoms. The SMILES string of the molecule is CC/C=C\C/C=C\C/C=C\C/C=C\C/C=C\CCCCCCCCCCCC(=O)OC(COCCCCCCCCCCCCCCCCCCCCCCCCCCC)COP(=O)([O-])OCC[N+](C)(C)C. The summed E-state index contributed by atoms with van der Waals surface area (Å²) < 4.78 is 34.9. The number of ether oxygens (including phenoxy) is 2. The van der Waals surface area contributed by atoms with Crippen molar-refractivity contribution < 1.29 is 37.3 Å². The molecule has 0 aromatic carbocycles. The molecular formula is C63H118NO7P. The van der Waals surface area contributed by atoms with Crippen LogP contribution in [0.2, 0.25) is 0 Å². The number of carbonyl (C=O) groups excluding carboxylic acids is 1. The van der Waals surface area contributed by atoms with Crippen molar-refractivity contribution in [1.29, 1.82) is 0 Å². The summed E-state index contributed by atoms with van der Waals surface area (Å²) in [5.41, 5.74) is 0. The molecule has 2 unspecified atom stereocenters. The van der Waals surface area contributed by atoms with Crippen LogP contribution in [0.3, 0.4) is 0 Å². The quantitative estimate of drug-likeness (QED) is 0.0197. The number of unbranched alkanes of at least 4 members (excludes halogenated alkanes) is 33. The maximum Gasteiger partial charge on any atom is 0.306 e. The van der Waals surface area contributed by atoms with Gasteiger partial charge in [-0.25, -0.2) is 0 Å². The molecule has 0 radical (unpaired) electrons. The van der Waals surface area contributed by atoms with E-state index in [0.717, 1.165) is 70.6 Å². The summed E-state index contributed by atoms with van der Waals surface area (Å²) in [6.45, 7) is 5.34. The van der Waals surface area contributed by atoms with Crippen LogP contribution in [0.15, 0.2) is 60.8 Å². The minimum Gasteiger partial charge on any atom is -0.756 e. The van der Waals surface area contributed by atoms with E-state index in [1.165, 1.54) is 186 Å². The standard InChI is InChI=1S/C63H118NO7P/c1-6-8-10-12-14-16-18-20-22-24-26-28-30-32-34-36-38-40-42-44-46-48-50-52-54-56-63(65)71-62(61-70-72(66,67)69-59-57-64(3,4)5)60-68-58-55-53-51-49-47-45-43-41-39-37-35-33-31-29-27-25-23-21-19-17-15-13-11-9-7-2/h8,10,14,16,20,22,26,28,32,34,62H,6-7,9,11-13,15,17-19,21,23-25,27,29-31,33,35-61H2,1-5H3/b10-8-,16-14-,22-20-,28-26-,34-32-. The van der Waals surface area contributed by atoms with Crippen LogP contribution < -0.4 is 4.89 Å². The molecule has 0 amide bonds. The first kappa shape index (κ1) is 70.2. The van der Waals surface area contributed by atoms with Crippen LogP contribution in [0.1, 0.15) is 277 Å². The topological polar surface area (TPSA) is 94.1 Å². The van der Waals surface area contributed by atoms with Crippen LogP contribution in [0.5, 0.6) is 0 Å². The zero-order chi connectivity index (χ0) is 52.6. The first-order chi connectivity index (χ1) is 35.1. The van der Waals surface area contributed by atoms with Crippen molar-refractivity contribution in [3.63, 3.8) is 0 Å². The van der Waals surface area contributed by atoms with Gasteiger partial charge in [0.15, 0.2) is 0 Å². The van der Waals surface area contributed by atoms with Gasteiger partial charge in [-0.1, -0.05) is 274 Å². The molecule has 72 heavy (non-hydrogen) atoms. The highest BCUT2D eigenvalue weighted by molar-refractivity contribution is 7.45. The Balaban J connectivity index is 4.04. The van der Waals surface area contributed by atoms with Crippen molar-refractivity contribution in [2.75, 3.05) is 54.1 Å². The van der Waals surface area contributed by atoms with Crippen LogP contribution >= 0.6 is 7.82 Å².